The van der Waals surface area contributed by atoms with Crippen LogP contribution < -0.4 is 0 Å². The van der Waals surface area contributed by atoms with Crippen molar-refractivity contribution >= 4 is 11.6 Å². The lowest BCUT2D eigenvalue weighted by atomic mass is 9.85. The minimum Gasteiger partial charge on any atom is -0.294 e. The zero-order valence-electron chi connectivity index (χ0n) is 17.5. The Morgan fingerprint density at radius 1 is 0.912 bits per heavy atom. The predicted molar refractivity (Wildman–Crippen MR) is 111 cm³/mol. The zero-order valence-corrected chi connectivity index (χ0v) is 17.5. The van der Waals surface area contributed by atoms with E-state index in [1.807, 2.05) is 0 Å². The third-order valence-corrected chi connectivity index (χ3v) is 5.86. The molecule has 1 aromatic heterocycles. The number of fused-ring (bicyclic) bond motifs is 1. The molecule has 3 nitrogen and oxygen atoms in total. The van der Waals surface area contributed by atoms with E-state index in [1.165, 1.54) is 12.1 Å². The molecular weight excluding hydrogens is 460 g/mol. The van der Waals surface area contributed by atoms with Gasteiger partial charge in [-0.3, -0.25) is 14.6 Å². The van der Waals surface area contributed by atoms with Gasteiger partial charge in [0.05, 0.1) is 16.8 Å². The van der Waals surface area contributed by atoms with Crippen LogP contribution in [0.5, 0.6) is 0 Å². The topological polar surface area (TPSA) is 47.0 Å². The Morgan fingerprint density at radius 3 is 2.26 bits per heavy atom. The maximum Gasteiger partial charge on any atom is 0.418 e. The van der Waals surface area contributed by atoms with E-state index in [1.54, 1.807) is 6.07 Å². The summed E-state index contributed by atoms with van der Waals surface area (Å²) in [5, 5.41) is 0. The summed E-state index contributed by atoms with van der Waals surface area (Å²) in [6, 6.07) is 10.1. The number of benzene rings is 2. The van der Waals surface area contributed by atoms with Crippen molar-refractivity contribution in [3.63, 3.8) is 0 Å². The second kappa shape index (κ2) is 8.70. The van der Waals surface area contributed by atoms with Crippen LogP contribution in [0.2, 0.25) is 0 Å². The molecule has 4 rings (SSSR count). The molecule has 0 radical (unpaired) electrons. The van der Waals surface area contributed by atoms with Gasteiger partial charge in [-0.2, -0.15) is 26.3 Å². The number of ketones is 2. The molecule has 0 fully saturated rings. The van der Waals surface area contributed by atoms with Crippen LogP contribution in [0.15, 0.2) is 60.8 Å². The van der Waals surface area contributed by atoms with Crippen LogP contribution in [-0.4, -0.2) is 16.6 Å². The number of aryl methyl sites for hydroxylation is 1. The summed E-state index contributed by atoms with van der Waals surface area (Å²) in [4.78, 5) is 29.0. The van der Waals surface area contributed by atoms with Crippen LogP contribution >= 0.6 is 0 Å². The van der Waals surface area contributed by atoms with Crippen molar-refractivity contribution in [3.05, 3.63) is 99.9 Å². The van der Waals surface area contributed by atoms with Gasteiger partial charge in [-0.1, -0.05) is 24.3 Å². The number of nitrogens with zero attached hydrogens (tertiary/aromatic N) is 1. The van der Waals surface area contributed by atoms with Crippen molar-refractivity contribution in [1.29, 1.82) is 0 Å². The van der Waals surface area contributed by atoms with Gasteiger partial charge in [0.2, 0.25) is 0 Å². The first-order chi connectivity index (χ1) is 15.9. The highest BCUT2D eigenvalue weighted by Crippen LogP contribution is 2.39. The van der Waals surface area contributed by atoms with Gasteiger partial charge in [0.25, 0.3) is 0 Å². The second-order valence-electron chi connectivity index (χ2n) is 8.03. The van der Waals surface area contributed by atoms with Crippen molar-refractivity contribution in [2.75, 3.05) is 0 Å². The first-order valence-corrected chi connectivity index (χ1v) is 10.3. The molecule has 0 aliphatic heterocycles. The molecule has 0 amide bonds. The number of rotatable bonds is 5. The van der Waals surface area contributed by atoms with Gasteiger partial charge in [-0.15, -0.1) is 0 Å². The fourth-order valence-corrected chi connectivity index (χ4v) is 4.13. The molecule has 1 atom stereocenters. The molecule has 1 heterocycles. The Labute approximate surface area is 190 Å². The molecule has 176 valence electrons. The molecular formula is C25H17F6NO2. The Kier molecular flexibility index (Phi) is 6.05. The molecule has 3 aromatic rings. The van der Waals surface area contributed by atoms with Gasteiger partial charge in [-0.25, -0.2) is 0 Å². The molecule has 0 saturated carbocycles. The molecule has 1 aliphatic carbocycles. The molecule has 0 N–H and O–H groups in total. The number of pyridine rings is 1. The van der Waals surface area contributed by atoms with Crippen molar-refractivity contribution in [1.82, 2.24) is 4.98 Å². The van der Waals surface area contributed by atoms with Crippen LogP contribution in [0.1, 0.15) is 67.4 Å². The van der Waals surface area contributed by atoms with Gasteiger partial charge in [0, 0.05) is 36.1 Å². The number of halogens is 6. The largest absolute Gasteiger partial charge is 0.418 e. The van der Waals surface area contributed by atoms with E-state index in [0.717, 1.165) is 48.2 Å². The van der Waals surface area contributed by atoms with E-state index in [-0.39, 0.29) is 16.9 Å². The fourth-order valence-electron chi connectivity index (χ4n) is 4.13. The van der Waals surface area contributed by atoms with E-state index in [4.69, 9.17) is 0 Å². The molecule has 0 unspecified atom stereocenters. The van der Waals surface area contributed by atoms with Crippen molar-refractivity contribution in [2.45, 2.75) is 37.5 Å². The Hall–Kier alpha value is -3.49. The second-order valence-corrected chi connectivity index (χ2v) is 8.03. The molecule has 2 aromatic carbocycles. The summed E-state index contributed by atoms with van der Waals surface area (Å²) in [5.74, 6) is -1.92. The van der Waals surface area contributed by atoms with Crippen LogP contribution in [0, 0.1) is 0 Å². The highest BCUT2D eigenvalue weighted by Gasteiger charge is 2.37. The summed E-state index contributed by atoms with van der Waals surface area (Å²) >= 11 is 0. The molecule has 34 heavy (non-hydrogen) atoms. The smallest absolute Gasteiger partial charge is 0.294 e. The lowest BCUT2D eigenvalue weighted by Crippen LogP contribution is -2.17. The third-order valence-electron chi connectivity index (χ3n) is 5.86. The first kappa shape index (κ1) is 23.7. The van der Waals surface area contributed by atoms with Crippen LogP contribution in [0.3, 0.4) is 0 Å². The van der Waals surface area contributed by atoms with E-state index >= 15 is 0 Å². The standard InChI is InChI=1S/C25H17F6NO2/c26-24(27,28)17-8-5-15(6-9-17)19(23-20(25(29,30)31)2-1-11-32-23)13-22(34)16-4-3-14-7-10-21(33)18(14)12-16/h1-6,8-9,11-12,19H,7,10,13H2/t19-/m0/s1. The number of carbonyl (C=O) groups excluding carboxylic acids is 2. The molecule has 9 heteroatoms. The van der Waals surface area contributed by atoms with E-state index in [9.17, 15) is 35.9 Å². The molecule has 1 aliphatic rings. The summed E-state index contributed by atoms with van der Waals surface area (Å²) in [6.07, 6.45) is -7.86. The molecule has 0 saturated heterocycles. The molecule has 0 spiro atoms. The maximum atomic E-state index is 13.7. The number of hydrogen-bond acceptors (Lipinski definition) is 3. The zero-order chi connectivity index (χ0) is 24.7. The van der Waals surface area contributed by atoms with Crippen LogP contribution in [0.25, 0.3) is 0 Å². The lowest BCUT2D eigenvalue weighted by Gasteiger charge is -2.21. The summed E-state index contributed by atoms with van der Waals surface area (Å²) in [5.41, 5.74) is -1.05. The maximum absolute atomic E-state index is 13.7. The summed E-state index contributed by atoms with van der Waals surface area (Å²) in [6.45, 7) is 0. The average molecular weight is 477 g/mol. The SMILES string of the molecule is O=C(C[C@@H](c1ccc(C(F)(F)F)cc1)c1ncccc1C(F)(F)F)c1ccc2c(c1)C(=O)CC2. The van der Waals surface area contributed by atoms with Gasteiger partial charge >= 0.3 is 12.4 Å². The number of alkyl halides is 6. The number of hydrogen-bond donors (Lipinski definition) is 0. The van der Waals surface area contributed by atoms with Gasteiger partial charge in [0.1, 0.15) is 0 Å². The van der Waals surface area contributed by atoms with Crippen molar-refractivity contribution in [2.24, 2.45) is 0 Å². The highest BCUT2D eigenvalue weighted by molar-refractivity contribution is 6.04. The van der Waals surface area contributed by atoms with Crippen LogP contribution in [-0.2, 0) is 18.8 Å². The quantitative estimate of drug-likeness (QED) is 0.305. The minimum atomic E-state index is -4.78. The molecule has 0 bridgehead atoms. The predicted octanol–water partition coefficient (Wildman–Crippen LogP) is 6.65. The lowest BCUT2D eigenvalue weighted by molar-refractivity contribution is -0.139. The number of Topliss-reactive ketones (excluding diaryl/α,β-unsaturated/α-hetero) is 2. The fraction of sp³-hybridized carbons (Fsp3) is 0.240. The van der Waals surface area contributed by atoms with E-state index < -0.39 is 47.3 Å². The van der Waals surface area contributed by atoms with Gasteiger partial charge in [0.15, 0.2) is 11.6 Å². The average Bonchev–Trinajstić information content (AvgIpc) is 3.16. The Bertz CT molecular complexity index is 1250. The van der Waals surface area contributed by atoms with Crippen molar-refractivity contribution < 1.29 is 35.9 Å². The van der Waals surface area contributed by atoms with E-state index in [2.05, 4.69) is 4.98 Å². The van der Waals surface area contributed by atoms with E-state index in [0.29, 0.717) is 18.4 Å². The van der Waals surface area contributed by atoms with Crippen molar-refractivity contribution in [3.8, 4) is 0 Å². The van der Waals surface area contributed by atoms with Gasteiger partial charge < -0.3 is 0 Å². The van der Waals surface area contributed by atoms with Gasteiger partial charge in [-0.05, 0) is 47.9 Å². The summed E-state index contributed by atoms with van der Waals surface area (Å²) in [7, 11) is 0. The Balaban J connectivity index is 1.76. The Morgan fingerprint density at radius 2 is 1.62 bits per heavy atom. The summed E-state index contributed by atoms with van der Waals surface area (Å²) < 4.78 is 80.0. The van der Waals surface area contributed by atoms with Crippen LogP contribution in [0.4, 0.5) is 26.3 Å². The third kappa shape index (κ3) is 4.73. The number of carbonyl (C=O) groups is 2. The number of aromatic nitrogens is 1. The normalized spacial score (nSPS) is 14.7. The monoisotopic (exact) mass is 477 g/mol. The highest BCUT2D eigenvalue weighted by atomic mass is 19.4. The first-order valence-electron chi connectivity index (χ1n) is 10.3. The minimum absolute atomic E-state index is 0.0859.